The number of nitrogens with zero attached hydrogens (tertiary/aromatic N) is 3. The van der Waals surface area contributed by atoms with Crippen molar-refractivity contribution in [3.8, 4) is 11.4 Å². The zero-order valence-electron chi connectivity index (χ0n) is 12.6. The van der Waals surface area contributed by atoms with E-state index >= 15 is 0 Å². The summed E-state index contributed by atoms with van der Waals surface area (Å²) in [5.41, 5.74) is 2.93. The maximum atomic E-state index is 12.8. The molecule has 2 aromatic carbocycles. The standard InChI is InChI=1S/C18H15N3O2/c1-20(13-7-3-2-4-8-13)18(22)17-15-11-23-16-10-6-5-9-14(16)21(15)12-19-17/h2-10,12H,11H2,1H3. The van der Waals surface area contributed by atoms with Gasteiger partial charge in [0.05, 0.1) is 11.4 Å². The molecule has 1 aliphatic heterocycles. The summed E-state index contributed by atoms with van der Waals surface area (Å²) in [5.74, 6) is 0.653. The van der Waals surface area contributed by atoms with Gasteiger partial charge in [0.2, 0.25) is 0 Å². The number of carbonyl (C=O) groups is 1. The third-order valence-corrected chi connectivity index (χ3v) is 4.01. The second kappa shape index (κ2) is 5.28. The lowest BCUT2D eigenvalue weighted by Crippen LogP contribution is -2.28. The molecular weight excluding hydrogens is 290 g/mol. The molecule has 0 N–H and O–H groups in total. The summed E-state index contributed by atoms with van der Waals surface area (Å²) < 4.78 is 7.67. The van der Waals surface area contributed by atoms with Crippen molar-refractivity contribution >= 4 is 11.6 Å². The fourth-order valence-corrected chi connectivity index (χ4v) is 2.75. The van der Waals surface area contributed by atoms with E-state index in [1.165, 1.54) is 0 Å². The van der Waals surface area contributed by atoms with Crippen LogP contribution in [-0.4, -0.2) is 22.5 Å². The lowest BCUT2D eigenvalue weighted by Gasteiger charge is -2.21. The molecule has 0 spiro atoms. The van der Waals surface area contributed by atoms with Crippen molar-refractivity contribution in [1.29, 1.82) is 0 Å². The maximum Gasteiger partial charge on any atom is 0.278 e. The minimum absolute atomic E-state index is 0.145. The van der Waals surface area contributed by atoms with Crippen LogP contribution >= 0.6 is 0 Å². The van der Waals surface area contributed by atoms with Gasteiger partial charge in [-0.2, -0.15) is 0 Å². The molecule has 1 aliphatic rings. The first kappa shape index (κ1) is 13.6. The minimum Gasteiger partial charge on any atom is -0.485 e. The van der Waals surface area contributed by atoms with Crippen molar-refractivity contribution < 1.29 is 9.53 Å². The second-order valence-electron chi connectivity index (χ2n) is 5.37. The van der Waals surface area contributed by atoms with Gasteiger partial charge in [-0.3, -0.25) is 9.36 Å². The number of ether oxygens (including phenoxy) is 1. The number of carbonyl (C=O) groups excluding carboxylic acids is 1. The summed E-state index contributed by atoms with van der Waals surface area (Å²) in [6.07, 6.45) is 1.68. The molecule has 0 aliphatic carbocycles. The van der Waals surface area contributed by atoms with E-state index in [-0.39, 0.29) is 5.91 Å². The van der Waals surface area contributed by atoms with Gasteiger partial charge < -0.3 is 9.64 Å². The number of rotatable bonds is 2. The van der Waals surface area contributed by atoms with Gasteiger partial charge in [0.25, 0.3) is 5.91 Å². The summed E-state index contributed by atoms with van der Waals surface area (Å²) >= 11 is 0. The Bertz CT molecular complexity index is 871. The third kappa shape index (κ3) is 2.17. The Hall–Kier alpha value is -3.08. The van der Waals surface area contributed by atoms with Crippen LogP contribution in [0, 0.1) is 0 Å². The number of hydrogen-bond acceptors (Lipinski definition) is 3. The van der Waals surface area contributed by atoms with E-state index in [2.05, 4.69) is 4.98 Å². The molecule has 0 saturated heterocycles. The Morgan fingerprint density at radius 3 is 2.70 bits per heavy atom. The summed E-state index contributed by atoms with van der Waals surface area (Å²) in [6.45, 7) is 0.334. The number of aromatic nitrogens is 2. The quantitative estimate of drug-likeness (QED) is 0.731. The molecule has 4 rings (SSSR count). The number of para-hydroxylation sites is 3. The van der Waals surface area contributed by atoms with E-state index in [1.807, 2.05) is 59.2 Å². The van der Waals surface area contributed by atoms with E-state index in [9.17, 15) is 4.79 Å². The number of amides is 1. The third-order valence-electron chi connectivity index (χ3n) is 4.01. The number of benzene rings is 2. The fraction of sp³-hybridized carbons (Fsp3) is 0.111. The van der Waals surface area contributed by atoms with Crippen LogP contribution in [0.2, 0.25) is 0 Å². The molecule has 2 heterocycles. The van der Waals surface area contributed by atoms with Crippen molar-refractivity contribution in [3.05, 3.63) is 72.3 Å². The van der Waals surface area contributed by atoms with Crippen molar-refractivity contribution in [1.82, 2.24) is 9.55 Å². The molecule has 5 heteroatoms. The van der Waals surface area contributed by atoms with Gasteiger partial charge in [-0.05, 0) is 24.3 Å². The SMILES string of the molecule is CN(C(=O)c1ncn2c1COc1ccccc1-2)c1ccccc1. The lowest BCUT2D eigenvalue weighted by atomic mass is 10.2. The highest BCUT2D eigenvalue weighted by atomic mass is 16.5. The Morgan fingerprint density at radius 1 is 1.13 bits per heavy atom. The molecule has 0 bridgehead atoms. The first-order chi connectivity index (χ1) is 11.3. The van der Waals surface area contributed by atoms with Crippen molar-refractivity contribution in [3.63, 3.8) is 0 Å². The Labute approximate surface area is 133 Å². The van der Waals surface area contributed by atoms with Crippen LogP contribution in [-0.2, 0) is 6.61 Å². The first-order valence-electron chi connectivity index (χ1n) is 7.37. The Kier molecular flexibility index (Phi) is 3.12. The van der Waals surface area contributed by atoms with Crippen LogP contribution < -0.4 is 9.64 Å². The van der Waals surface area contributed by atoms with Crippen LogP contribution in [0.3, 0.4) is 0 Å². The average Bonchev–Trinajstić information content (AvgIpc) is 3.05. The first-order valence-corrected chi connectivity index (χ1v) is 7.37. The molecule has 23 heavy (non-hydrogen) atoms. The Balaban J connectivity index is 1.73. The van der Waals surface area contributed by atoms with Gasteiger partial charge in [0.15, 0.2) is 5.69 Å². The van der Waals surface area contributed by atoms with E-state index < -0.39 is 0 Å². The van der Waals surface area contributed by atoms with Gasteiger partial charge in [-0.15, -0.1) is 0 Å². The molecule has 114 valence electrons. The summed E-state index contributed by atoms with van der Waals surface area (Å²) in [5, 5.41) is 0. The van der Waals surface area contributed by atoms with Gasteiger partial charge in [-0.1, -0.05) is 30.3 Å². The number of fused-ring (bicyclic) bond motifs is 3. The molecule has 5 nitrogen and oxygen atoms in total. The van der Waals surface area contributed by atoms with Crippen LogP contribution in [0.15, 0.2) is 60.9 Å². The Morgan fingerprint density at radius 2 is 1.87 bits per heavy atom. The number of anilines is 1. The minimum atomic E-state index is -0.145. The van der Waals surface area contributed by atoms with Crippen LogP contribution in [0.4, 0.5) is 5.69 Å². The molecule has 3 aromatic rings. The van der Waals surface area contributed by atoms with E-state index in [0.29, 0.717) is 12.3 Å². The lowest BCUT2D eigenvalue weighted by molar-refractivity contribution is 0.0985. The maximum absolute atomic E-state index is 12.8. The molecule has 0 fully saturated rings. The van der Waals surface area contributed by atoms with Crippen LogP contribution in [0.5, 0.6) is 5.75 Å². The molecule has 0 unspecified atom stereocenters. The zero-order chi connectivity index (χ0) is 15.8. The van der Waals surface area contributed by atoms with Crippen LogP contribution in [0.25, 0.3) is 5.69 Å². The van der Waals surface area contributed by atoms with E-state index in [4.69, 9.17) is 4.74 Å². The molecule has 1 amide bonds. The number of imidazole rings is 1. The van der Waals surface area contributed by atoms with Crippen molar-refractivity contribution in [2.24, 2.45) is 0 Å². The largest absolute Gasteiger partial charge is 0.485 e. The van der Waals surface area contributed by atoms with Crippen molar-refractivity contribution in [2.45, 2.75) is 6.61 Å². The van der Waals surface area contributed by atoms with E-state index in [0.717, 1.165) is 22.8 Å². The highest BCUT2D eigenvalue weighted by Crippen LogP contribution is 2.31. The average molecular weight is 305 g/mol. The summed E-state index contributed by atoms with van der Waals surface area (Å²) in [7, 11) is 1.75. The van der Waals surface area contributed by atoms with E-state index in [1.54, 1.807) is 18.3 Å². The molecule has 0 saturated carbocycles. The number of hydrogen-bond donors (Lipinski definition) is 0. The van der Waals surface area contributed by atoms with Gasteiger partial charge in [-0.25, -0.2) is 4.98 Å². The highest BCUT2D eigenvalue weighted by Gasteiger charge is 2.26. The highest BCUT2D eigenvalue weighted by molar-refractivity contribution is 6.05. The molecule has 1 aromatic heterocycles. The monoisotopic (exact) mass is 305 g/mol. The van der Waals surface area contributed by atoms with Crippen LogP contribution in [0.1, 0.15) is 16.2 Å². The van der Waals surface area contributed by atoms with Gasteiger partial charge in [0.1, 0.15) is 18.7 Å². The summed E-state index contributed by atoms with van der Waals surface area (Å²) in [6, 6.07) is 17.3. The topological polar surface area (TPSA) is 47.4 Å². The molecule has 0 atom stereocenters. The smallest absolute Gasteiger partial charge is 0.278 e. The van der Waals surface area contributed by atoms with Gasteiger partial charge in [0, 0.05) is 12.7 Å². The van der Waals surface area contributed by atoms with Crippen molar-refractivity contribution in [2.75, 3.05) is 11.9 Å². The predicted octanol–water partition coefficient (Wildman–Crippen LogP) is 3.04. The van der Waals surface area contributed by atoms with Gasteiger partial charge >= 0.3 is 0 Å². The predicted molar refractivity (Wildman–Crippen MR) is 87.1 cm³/mol. The summed E-state index contributed by atoms with van der Waals surface area (Å²) in [4.78, 5) is 18.7. The molecule has 0 radical (unpaired) electrons. The zero-order valence-corrected chi connectivity index (χ0v) is 12.6. The normalized spacial score (nSPS) is 12.0. The second-order valence-corrected chi connectivity index (χ2v) is 5.37. The fourth-order valence-electron chi connectivity index (χ4n) is 2.75. The molecular formula is C18H15N3O2.